The molecule has 1 aromatic carbocycles. The quantitative estimate of drug-likeness (QED) is 0.872. The average Bonchev–Trinajstić information content (AvgIpc) is 3.24. The van der Waals surface area contributed by atoms with E-state index in [0.717, 1.165) is 6.42 Å². The lowest BCUT2D eigenvalue weighted by Gasteiger charge is -2.48. The summed E-state index contributed by atoms with van der Waals surface area (Å²) in [7, 11) is 0. The summed E-state index contributed by atoms with van der Waals surface area (Å²) in [6.07, 6.45) is 2.16. The van der Waals surface area contributed by atoms with Crippen molar-refractivity contribution in [2.75, 3.05) is 6.61 Å². The summed E-state index contributed by atoms with van der Waals surface area (Å²) in [6.45, 7) is 2.11. The number of halogens is 1. The van der Waals surface area contributed by atoms with Gasteiger partial charge in [0, 0.05) is 25.0 Å². The lowest BCUT2D eigenvalue weighted by molar-refractivity contribution is -0.131. The summed E-state index contributed by atoms with van der Waals surface area (Å²) in [4.78, 5) is 24.3. The van der Waals surface area contributed by atoms with Crippen LogP contribution in [0.3, 0.4) is 0 Å². The molecule has 2 N–H and O–H groups in total. The molecule has 128 valence electrons. The Morgan fingerprint density at radius 1 is 1.21 bits per heavy atom. The van der Waals surface area contributed by atoms with Gasteiger partial charge in [-0.15, -0.1) is 0 Å². The lowest BCUT2D eigenvalue weighted by Crippen LogP contribution is -2.71. The van der Waals surface area contributed by atoms with E-state index in [9.17, 15) is 14.0 Å². The number of nitrogens with one attached hydrogen (secondary N) is 2. The first kappa shape index (κ1) is 15.6. The Balaban J connectivity index is 1.51. The van der Waals surface area contributed by atoms with Gasteiger partial charge in [-0.2, -0.15) is 0 Å². The fourth-order valence-electron chi connectivity index (χ4n) is 4.19. The number of amides is 2. The number of rotatable bonds is 4. The van der Waals surface area contributed by atoms with E-state index in [1.165, 1.54) is 13.0 Å². The van der Waals surface area contributed by atoms with Crippen LogP contribution in [0.5, 0.6) is 0 Å². The molecule has 4 atom stereocenters. The maximum Gasteiger partial charge on any atom is 0.231 e. The van der Waals surface area contributed by atoms with Crippen LogP contribution in [0.4, 0.5) is 4.39 Å². The third kappa shape index (κ3) is 2.32. The van der Waals surface area contributed by atoms with Gasteiger partial charge in [-0.05, 0) is 25.3 Å². The van der Waals surface area contributed by atoms with Crippen molar-refractivity contribution in [1.29, 1.82) is 0 Å². The molecule has 0 aromatic heterocycles. The Kier molecular flexibility index (Phi) is 3.60. The zero-order valence-corrected chi connectivity index (χ0v) is 13.5. The van der Waals surface area contributed by atoms with Gasteiger partial charge < -0.3 is 15.4 Å². The van der Waals surface area contributed by atoms with Gasteiger partial charge in [0.05, 0.1) is 23.6 Å². The molecule has 5 nitrogen and oxygen atoms in total. The molecule has 1 heterocycles. The first-order valence-corrected chi connectivity index (χ1v) is 8.47. The molecule has 6 heteroatoms. The van der Waals surface area contributed by atoms with Crippen molar-refractivity contribution < 1.29 is 18.7 Å². The zero-order chi connectivity index (χ0) is 16.9. The van der Waals surface area contributed by atoms with Crippen LogP contribution >= 0.6 is 0 Å². The van der Waals surface area contributed by atoms with Crippen molar-refractivity contribution in [2.45, 2.75) is 49.8 Å². The number of hydrogen-bond acceptors (Lipinski definition) is 3. The first-order valence-electron chi connectivity index (χ1n) is 8.47. The minimum atomic E-state index is -0.753. The van der Waals surface area contributed by atoms with Crippen LogP contribution in [0.25, 0.3) is 0 Å². The van der Waals surface area contributed by atoms with E-state index in [1.54, 1.807) is 18.2 Å². The van der Waals surface area contributed by atoms with Crippen LogP contribution in [0.15, 0.2) is 24.3 Å². The summed E-state index contributed by atoms with van der Waals surface area (Å²) in [5.41, 5.74) is -0.284. The van der Waals surface area contributed by atoms with E-state index in [-0.39, 0.29) is 41.7 Å². The fourth-order valence-corrected chi connectivity index (χ4v) is 4.19. The molecule has 4 rings (SSSR count). The van der Waals surface area contributed by atoms with Gasteiger partial charge in [0.15, 0.2) is 0 Å². The molecule has 0 spiro atoms. The molecule has 3 fully saturated rings. The van der Waals surface area contributed by atoms with Crippen molar-refractivity contribution in [3.63, 3.8) is 0 Å². The van der Waals surface area contributed by atoms with E-state index in [0.29, 0.717) is 25.0 Å². The highest BCUT2D eigenvalue weighted by atomic mass is 19.1. The van der Waals surface area contributed by atoms with Crippen molar-refractivity contribution >= 4 is 11.8 Å². The number of carbonyl (C=O) groups is 2. The molecular formula is C18H21FN2O3. The Bertz CT molecular complexity index is 689. The highest BCUT2D eigenvalue weighted by Gasteiger charge is 2.58. The Labute approximate surface area is 139 Å². The van der Waals surface area contributed by atoms with Crippen LogP contribution < -0.4 is 10.6 Å². The molecular weight excluding hydrogens is 311 g/mol. The Morgan fingerprint density at radius 3 is 2.62 bits per heavy atom. The minimum Gasteiger partial charge on any atom is -0.376 e. The molecule has 1 aliphatic heterocycles. The number of benzene rings is 1. The van der Waals surface area contributed by atoms with E-state index in [2.05, 4.69) is 10.6 Å². The predicted octanol–water partition coefficient (Wildman–Crippen LogP) is 1.27. The molecule has 2 saturated carbocycles. The number of ether oxygens (including phenoxy) is 1. The average molecular weight is 332 g/mol. The van der Waals surface area contributed by atoms with E-state index < -0.39 is 5.41 Å². The van der Waals surface area contributed by atoms with Gasteiger partial charge in [0.25, 0.3) is 0 Å². The lowest BCUT2D eigenvalue weighted by atomic mass is 9.71. The Hall–Kier alpha value is -1.95. The van der Waals surface area contributed by atoms with Crippen LogP contribution in [-0.2, 0) is 19.7 Å². The summed E-state index contributed by atoms with van der Waals surface area (Å²) in [5.74, 6) is -0.386. The van der Waals surface area contributed by atoms with Crippen molar-refractivity contribution in [3.8, 4) is 0 Å². The highest BCUT2D eigenvalue weighted by molar-refractivity contribution is 5.91. The third-order valence-corrected chi connectivity index (χ3v) is 5.63. The van der Waals surface area contributed by atoms with Crippen molar-refractivity contribution in [2.24, 2.45) is 5.92 Å². The van der Waals surface area contributed by atoms with Gasteiger partial charge in [0.1, 0.15) is 5.82 Å². The molecule has 0 radical (unpaired) electrons. The Morgan fingerprint density at radius 2 is 1.96 bits per heavy atom. The summed E-state index contributed by atoms with van der Waals surface area (Å²) >= 11 is 0. The maximum atomic E-state index is 14.1. The van der Waals surface area contributed by atoms with E-state index in [4.69, 9.17) is 4.74 Å². The van der Waals surface area contributed by atoms with E-state index >= 15 is 0 Å². The van der Waals surface area contributed by atoms with Gasteiger partial charge in [-0.25, -0.2) is 4.39 Å². The summed E-state index contributed by atoms with van der Waals surface area (Å²) in [6, 6.07) is 6.14. The first-order chi connectivity index (χ1) is 11.5. The topological polar surface area (TPSA) is 67.4 Å². The van der Waals surface area contributed by atoms with Crippen molar-refractivity contribution in [1.82, 2.24) is 10.6 Å². The van der Waals surface area contributed by atoms with Gasteiger partial charge in [0.2, 0.25) is 11.8 Å². The normalized spacial score (nSPS) is 32.4. The molecule has 0 bridgehead atoms. The summed E-state index contributed by atoms with van der Waals surface area (Å²) in [5, 5.41) is 5.95. The molecule has 1 aromatic rings. The molecule has 2 aliphatic carbocycles. The SMILES string of the molecule is CC(=O)N[C@@H]1[C@@H](NC(=O)C2(c3ccccc3F)CC2)[C@H]2CCO[C@H]21. The minimum absolute atomic E-state index is 0.0252. The number of fused-ring (bicyclic) bond motifs is 1. The maximum absolute atomic E-state index is 14.1. The van der Waals surface area contributed by atoms with E-state index in [1.807, 2.05) is 0 Å². The molecule has 3 aliphatic rings. The molecule has 24 heavy (non-hydrogen) atoms. The van der Waals surface area contributed by atoms with Crippen LogP contribution in [-0.4, -0.2) is 36.6 Å². The smallest absolute Gasteiger partial charge is 0.231 e. The molecule has 1 saturated heterocycles. The zero-order valence-electron chi connectivity index (χ0n) is 13.5. The standard InChI is InChI=1S/C18H21FN2O3/c1-10(22)20-15-14(11-6-9-24-16(11)15)21-17(23)18(7-8-18)12-4-2-3-5-13(12)19/h2-5,11,14-16H,6-9H2,1H3,(H,20,22)(H,21,23)/t11-,14+,15-,16-/m1/s1. The van der Waals surface area contributed by atoms with Crippen molar-refractivity contribution in [3.05, 3.63) is 35.6 Å². The second-order valence-electron chi connectivity index (χ2n) is 7.08. The molecule has 2 amide bonds. The largest absolute Gasteiger partial charge is 0.376 e. The number of carbonyl (C=O) groups excluding carboxylic acids is 2. The van der Waals surface area contributed by atoms with Crippen LogP contribution in [0.2, 0.25) is 0 Å². The van der Waals surface area contributed by atoms with Crippen LogP contribution in [0.1, 0.15) is 31.7 Å². The van der Waals surface area contributed by atoms with Crippen LogP contribution in [0, 0.1) is 11.7 Å². The molecule has 0 unspecified atom stereocenters. The predicted molar refractivity (Wildman–Crippen MR) is 84.7 cm³/mol. The monoisotopic (exact) mass is 332 g/mol. The third-order valence-electron chi connectivity index (χ3n) is 5.63. The highest BCUT2D eigenvalue weighted by Crippen LogP contribution is 2.50. The second kappa shape index (κ2) is 5.55. The fraction of sp³-hybridized carbons (Fsp3) is 0.556. The van der Waals surface area contributed by atoms with Gasteiger partial charge in [-0.3, -0.25) is 9.59 Å². The number of hydrogen-bond donors (Lipinski definition) is 2. The van der Waals surface area contributed by atoms with Gasteiger partial charge in [-0.1, -0.05) is 18.2 Å². The second-order valence-corrected chi connectivity index (χ2v) is 7.08. The summed E-state index contributed by atoms with van der Waals surface area (Å²) < 4.78 is 19.8. The van der Waals surface area contributed by atoms with Gasteiger partial charge >= 0.3 is 0 Å².